The molecule has 0 aromatic rings. The third kappa shape index (κ3) is 7.79. The average molecular weight is 236 g/mol. The van der Waals surface area contributed by atoms with E-state index < -0.39 is 15.6 Å². The van der Waals surface area contributed by atoms with Crippen molar-refractivity contribution in [3.05, 3.63) is 0 Å². The Labute approximate surface area is 95.2 Å². The zero-order chi connectivity index (χ0) is 11.7. The van der Waals surface area contributed by atoms with Crippen LogP contribution in [0.1, 0.15) is 59.3 Å². The van der Waals surface area contributed by atoms with Gasteiger partial charge in [-0.1, -0.05) is 39.0 Å². The molecular formula is C11H24O3S. The monoisotopic (exact) mass is 236 g/mol. The van der Waals surface area contributed by atoms with Crippen LogP contribution in [0.25, 0.3) is 0 Å². The van der Waals surface area contributed by atoms with Crippen molar-refractivity contribution in [2.24, 2.45) is 0 Å². The first-order chi connectivity index (χ1) is 7.00. The van der Waals surface area contributed by atoms with E-state index in [1.54, 1.807) is 13.8 Å². The third-order valence-electron chi connectivity index (χ3n) is 2.39. The second kappa shape index (κ2) is 8.11. The molecule has 0 aromatic carbocycles. The highest BCUT2D eigenvalue weighted by Crippen LogP contribution is 2.11. The molecular weight excluding hydrogens is 212 g/mol. The van der Waals surface area contributed by atoms with Gasteiger partial charge < -0.3 is 4.74 Å². The normalized spacial score (nSPS) is 12.3. The highest BCUT2D eigenvalue weighted by molar-refractivity contribution is 7.73. The summed E-state index contributed by atoms with van der Waals surface area (Å²) < 4.78 is 26.8. The summed E-state index contributed by atoms with van der Waals surface area (Å²) in [5.74, 6) is 0. The highest BCUT2D eigenvalue weighted by Gasteiger charge is 2.21. The van der Waals surface area contributed by atoms with Gasteiger partial charge in [-0.25, -0.2) is 8.42 Å². The maximum atomic E-state index is 10.7. The molecule has 0 saturated carbocycles. The van der Waals surface area contributed by atoms with Gasteiger partial charge in [-0.3, -0.25) is 0 Å². The molecule has 92 valence electrons. The van der Waals surface area contributed by atoms with Gasteiger partial charge in [-0.2, -0.15) is 0 Å². The van der Waals surface area contributed by atoms with Crippen molar-refractivity contribution in [3.8, 4) is 0 Å². The largest absolute Gasteiger partial charge is 0.360 e. The van der Waals surface area contributed by atoms with E-state index in [1.165, 1.54) is 25.7 Å². The topological polar surface area (TPSA) is 43.4 Å². The number of thiol groups is 1. The number of ether oxygens (including phenoxy) is 1. The molecule has 0 N–H and O–H groups in total. The molecule has 15 heavy (non-hydrogen) atoms. The molecule has 0 aliphatic carbocycles. The summed E-state index contributed by atoms with van der Waals surface area (Å²) >= 11 is 0. The van der Waals surface area contributed by atoms with E-state index in [-0.39, 0.29) is 0 Å². The molecule has 0 saturated heterocycles. The van der Waals surface area contributed by atoms with Crippen LogP contribution in [-0.4, -0.2) is 20.0 Å². The Balaban J connectivity index is 3.39. The fourth-order valence-electron chi connectivity index (χ4n) is 1.26. The Bertz CT molecular complexity index is 214. The Morgan fingerprint density at radius 2 is 1.53 bits per heavy atom. The van der Waals surface area contributed by atoms with Crippen molar-refractivity contribution in [3.63, 3.8) is 0 Å². The fourth-order valence-corrected chi connectivity index (χ4v) is 1.45. The van der Waals surface area contributed by atoms with Crippen LogP contribution in [0.3, 0.4) is 0 Å². The number of hydrogen-bond donors (Lipinski definition) is 1. The van der Waals surface area contributed by atoms with Gasteiger partial charge in [-0.15, -0.1) is 0 Å². The predicted molar refractivity (Wildman–Crippen MR) is 63.7 cm³/mol. The molecule has 0 heterocycles. The van der Waals surface area contributed by atoms with E-state index in [0.29, 0.717) is 6.61 Å². The van der Waals surface area contributed by atoms with E-state index in [2.05, 4.69) is 6.92 Å². The standard InChI is InChI=1S/C11H24O3S/c1-4-5-6-7-8-9-10-14-11(2,3)15(12)13/h15H,4-10H2,1-3H3. The quantitative estimate of drug-likeness (QED) is 0.494. The fraction of sp³-hybridized carbons (Fsp3) is 1.00. The van der Waals surface area contributed by atoms with Crippen LogP contribution in [0.2, 0.25) is 0 Å². The highest BCUT2D eigenvalue weighted by atomic mass is 32.2. The van der Waals surface area contributed by atoms with Crippen molar-refractivity contribution in [1.29, 1.82) is 0 Å². The van der Waals surface area contributed by atoms with Crippen LogP contribution >= 0.6 is 0 Å². The predicted octanol–water partition coefficient (Wildman–Crippen LogP) is 2.71. The molecule has 0 fully saturated rings. The van der Waals surface area contributed by atoms with Gasteiger partial charge >= 0.3 is 0 Å². The van der Waals surface area contributed by atoms with Crippen LogP contribution in [0.4, 0.5) is 0 Å². The lowest BCUT2D eigenvalue weighted by molar-refractivity contribution is 0.0444. The molecule has 3 nitrogen and oxygen atoms in total. The lowest BCUT2D eigenvalue weighted by atomic mass is 10.1. The van der Waals surface area contributed by atoms with E-state index in [1.807, 2.05) is 0 Å². The smallest absolute Gasteiger partial charge is 0.169 e. The molecule has 4 heteroatoms. The molecule has 0 spiro atoms. The molecule has 0 amide bonds. The minimum Gasteiger partial charge on any atom is -0.360 e. The maximum absolute atomic E-state index is 10.7. The first-order valence-corrected chi connectivity index (χ1v) is 6.97. The number of rotatable bonds is 9. The van der Waals surface area contributed by atoms with Gasteiger partial charge in [0, 0.05) is 6.61 Å². The third-order valence-corrected chi connectivity index (χ3v) is 3.40. The van der Waals surface area contributed by atoms with Crippen LogP contribution in [0.5, 0.6) is 0 Å². The average Bonchev–Trinajstić information content (AvgIpc) is 2.16. The first kappa shape index (κ1) is 14.9. The molecule has 0 rings (SSSR count). The molecule has 0 radical (unpaired) electrons. The summed E-state index contributed by atoms with van der Waals surface area (Å²) in [7, 11) is -2.50. The van der Waals surface area contributed by atoms with E-state index in [4.69, 9.17) is 4.74 Å². The van der Waals surface area contributed by atoms with E-state index in [9.17, 15) is 8.42 Å². The van der Waals surface area contributed by atoms with Crippen molar-refractivity contribution < 1.29 is 13.2 Å². The van der Waals surface area contributed by atoms with Crippen molar-refractivity contribution in [1.82, 2.24) is 0 Å². The van der Waals surface area contributed by atoms with Gasteiger partial charge in [0.15, 0.2) is 15.6 Å². The summed E-state index contributed by atoms with van der Waals surface area (Å²) in [6.45, 7) is 5.92. The van der Waals surface area contributed by atoms with Crippen LogP contribution < -0.4 is 0 Å². The summed E-state index contributed by atoms with van der Waals surface area (Å²) in [5, 5.41) is 0. The molecule has 0 aromatic heterocycles. The van der Waals surface area contributed by atoms with E-state index >= 15 is 0 Å². The first-order valence-electron chi connectivity index (χ1n) is 5.79. The minimum atomic E-state index is -2.50. The molecule has 0 aliphatic rings. The zero-order valence-electron chi connectivity index (χ0n) is 10.1. The summed E-state index contributed by atoms with van der Waals surface area (Å²) in [6, 6.07) is 0. The zero-order valence-corrected chi connectivity index (χ0v) is 11.0. The Kier molecular flexibility index (Phi) is 8.06. The summed E-state index contributed by atoms with van der Waals surface area (Å²) in [4.78, 5) is -1.00. The number of hydrogen-bond acceptors (Lipinski definition) is 3. The van der Waals surface area contributed by atoms with Crippen LogP contribution in [-0.2, 0) is 15.4 Å². The Morgan fingerprint density at radius 3 is 2.07 bits per heavy atom. The van der Waals surface area contributed by atoms with Crippen LogP contribution in [0, 0.1) is 0 Å². The number of unbranched alkanes of at least 4 members (excludes halogenated alkanes) is 5. The second-order valence-corrected chi connectivity index (χ2v) is 5.91. The molecule has 0 unspecified atom stereocenters. The Morgan fingerprint density at radius 1 is 1.00 bits per heavy atom. The van der Waals surface area contributed by atoms with Gasteiger partial charge in [0.1, 0.15) is 0 Å². The summed E-state index contributed by atoms with van der Waals surface area (Å²) in [6.07, 6.45) is 7.12. The second-order valence-electron chi connectivity index (χ2n) is 4.32. The lowest BCUT2D eigenvalue weighted by Crippen LogP contribution is -2.26. The van der Waals surface area contributed by atoms with Gasteiger partial charge in [-0.05, 0) is 20.3 Å². The van der Waals surface area contributed by atoms with Gasteiger partial charge in [0.25, 0.3) is 0 Å². The SMILES string of the molecule is CCCCCCCCOC(C)(C)[SH](=O)=O. The van der Waals surface area contributed by atoms with E-state index in [0.717, 1.165) is 12.8 Å². The van der Waals surface area contributed by atoms with Gasteiger partial charge in [0.05, 0.1) is 0 Å². The lowest BCUT2D eigenvalue weighted by Gasteiger charge is -2.17. The van der Waals surface area contributed by atoms with Crippen molar-refractivity contribution >= 4 is 10.7 Å². The van der Waals surface area contributed by atoms with Crippen molar-refractivity contribution in [2.75, 3.05) is 6.61 Å². The summed E-state index contributed by atoms with van der Waals surface area (Å²) in [5.41, 5.74) is 0. The molecule has 0 bridgehead atoms. The minimum absolute atomic E-state index is 0.544. The Hall–Kier alpha value is -0.0900. The molecule has 0 aliphatic heterocycles. The van der Waals surface area contributed by atoms with Crippen molar-refractivity contribution in [2.45, 2.75) is 64.2 Å². The van der Waals surface area contributed by atoms with Gasteiger partial charge in [0.2, 0.25) is 0 Å². The molecule has 0 atom stereocenters. The van der Waals surface area contributed by atoms with Crippen LogP contribution in [0.15, 0.2) is 0 Å². The maximum Gasteiger partial charge on any atom is 0.169 e.